The van der Waals surface area contributed by atoms with E-state index in [1.165, 1.54) is 11.3 Å². The van der Waals surface area contributed by atoms with Crippen molar-refractivity contribution in [3.05, 3.63) is 16.3 Å². The number of methoxy groups -OCH3 is 1. The van der Waals surface area contributed by atoms with Gasteiger partial charge in [0.2, 0.25) is 0 Å². The first-order chi connectivity index (χ1) is 7.54. The summed E-state index contributed by atoms with van der Waals surface area (Å²) in [6.45, 7) is 4.65. The summed E-state index contributed by atoms with van der Waals surface area (Å²) in [6, 6.07) is 1.82. The molecule has 16 heavy (non-hydrogen) atoms. The third kappa shape index (κ3) is 3.81. The average Bonchev–Trinajstić information content (AvgIpc) is 2.64. The Morgan fingerprint density at radius 3 is 2.75 bits per heavy atom. The molecule has 0 saturated carbocycles. The van der Waals surface area contributed by atoms with Gasteiger partial charge in [0.25, 0.3) is 5.91 Å². The third-order valence-corrected chi connectivity index (χ3v) is 3.64. The van der Waals surface area contributed by atoms with Crippen molar-refractivity contribution < 1.29 is 9.53 Å². The molecule has 5 heteroatoms. The van der Waals surface area contributed by atoms with E-state index in [0.29, 0.717) is 17.4 Å². The molecule has 1 aromatic heterocycles. The molecule has 0 spiro atoms. The molecule has 90 valence electrons. The van der Waals surface area contributed by atoms with Crippen LogP contribution in [0.2, 0.25) is 0 Å². The van der Waals surface area contributed by atoms with Gasteiger partial charge >= 0.3 is 0 Å². The van der Waals surface area contributed by atoms with E-state index in [2.05, 4.69) is 31.8 Å². The number of carbonyl (C=O) groups is 1. The van der Waals surface area contributed by atoms with Crippen molar-refractivity contribution in [3.8, 4) is 0 Å². The van der Waals surface area contributed by atoms with E-state index >= 15 is 0 Å². The minimum atomic E-state index is -0.0546. The summed E-state index contributed by atoms with van der Waals surface area (Å²) >= 11 is 5.58. The van der Waals surface area contributed by atoms with Crippen LogP contribution in [0.15, 0.2) is 16.3 Å². The van der Waals surface area contributed by atoms with E-state index in [1.54, 1.807) is 13.2 Å². The largest absolute Gasteiger partial charge is 0.383 e. The highest BCUT2D eigenvalue weighted by atomic mass is 32.1. The van der Waals surface area contributed by atoms with Gasteiger partial charge < -0.3 is 10.1 Å². The van der Waals surface area contributed by atoms with Crippen molar-refractivity contribution in [2.24, 2.45) is 5.92 Å². The summed E-state index contributed by atoms with van der Waals surface area (Å²) in [5, 5.41) is 4.81. The van der Waals surface area contributed by atoms with Gasteiger partial charge in [-0.1, -0.05) is 13.8 Å². The van der Waals surface area contributed by atoms with E-state index in [9.17, 15) is 4.79 Å². The monoisotopic (exact) mass is 259 g/mol. The minimum Gasteiger partial charge on any atom is -0.383 e. The molecule has 1 unspecified atom stereocenters. The second-order valence-corrected chi connectivity index (χ2v) is 5.38. The molecule has 0 saturated heterocycles. The first-order valence-corrected chi connectivity index (χ1v) is 6.44. The quantitative estimate of drug-likeness (QED) is 0.797. The van der Waals surface area contributed by atoms with Crippen molar-refractivity contribution in [1.29, 1.82) is 0 Å². The second kappa shape index (κ2) is 6.27. The molecule has 0 aromatic carbocycles. The molecule has 0 aliphatic heterocycles. The minimum absolute atomic E-state index is 0.0444. The zero-order valence-electron chi connectivity index (χ0n) is 9.69. The lowest BCUT2D eigenvalue weighted by atomic mass is 10.1. The Morgan fingerprint density at radius 2 is 2.31 bits per heavy atom. The Bertz CT molecular complexity index is 350. The number of thiol groups is 1. The molecule has 0 radical (unpaired) electrons. The molecule has 1 amide bonds. The molecule has 0 aliphatic carbocycles. The second-order valence-electron chi connectivity index (χ2n) is 3.95. The van der Waals surface area contributed by atoms with Crippen LogP contribution in [-0.2, 0) is 4.74 Å². The van der Waals surface area contributed by atoms with Crippen LogP contribution in [0, 0.1) is 5.92 Å². The average molecular weight is 259 g/mol. The summed E-state index contributed by atoms with van der Waals surface area (Å²) in [4.78, 5) is 13.4. The van der Waals surface area contributed by atoms with Gasteiger partial charge in [0.1, 0.15) is 0 Å². The molecular weight excluding hydrogens is 242 g/mol. The molecule has 1 N–H and O–H groups in total. The number of hydrogen-bond acceptors (Lipinski definition) is 4. The zero-order valence-corrected chi connectivity index (χ0v) is 11.4. The normalized spacial score (nSPS) is 12.8. The van der Waals surface area contributed by atoms with Gasteiger partial charge in [-0.25, -0.2) is 0 Å². The summed E-state index contributed by atoms with van der Waals surface area (Å²) < 4.78 is 5.08. The van der Waals surface area contributed by atoms with Crippen LogP contribution in [-0.4, -0.2) is 25.7 Å². The number of rotatable bonds is 5. The Balaban J connectivity index is 2.61. The fourth-order valence-electron chi connectivity index (χ4n) is 1.27. The summed E-state index contributed by atoms with van der Waals surface area (Å²) in [6.07, 6.45) is 0. The maximum Gasteiger partial charge on any atom is 0.261 e. The number of carbonyl (C=O) groups excluding carboxylic acids is 1. The van der Waals surface area contributed by atoms with Gasteiger partial charge in [-0.3, -0.25) is 4.79 Å². The topological polar surface area (TPSA) is 38.3 Å². The maximum absolute atomic E-state index is 11.9. The molecule has 0 bridgehead atoms. The fourth-order valence-corrected chi connectivity index (χ4v) is 2.32. The molecule has 0 fully saturated rings. The number of amides is 1. The van der Waals surface area contributed by atoms with Gasteiger partial charge in [0.15, 0.2) is 0 Å². The van der Waals surface area contributed by atoms with Crippen LogP contribution in [0.5, 0.6) is 0 Å². The van der Waals surface area contributed by atoms with E-state index in [0.717, 1.165) is 4.90 Å². The molecular formula is C11H17NO2S2. The molecule has 1 atom stereocenters. The van der Waals surface area contributed by atoms with Crippen LogP contribution in [0.4, 0.5) is 0 Å². The highest BCUT2D eigenvalue weighted by Crippen LogP contribution is 2.17. The van der Waals surface area contributed by atoms with Crippen molar-refractivity contribution in [2.45, 2.75) is 24.8 Å². The lowest BCUT2D eigenvalue weighted by Crippen LogP contribution is -2.41. The van der Waals surface area contributed by atoms with Crippen LogP contribution in [0.3, 0.4) is 0 Å². The van der Waals surface area contributed by atoms with Crippen molar-refractivity contribution in [2.75, 3.05) is 13.7 Å². The maximum atomic E-state index is 11.9. The molecule has 0 aliphatic rings. The zero-order chi connectivity index (χ0) is 12.1. The van der Waals surface area contributed by atoms with Crippen molar-refractivity contribution in [1.82, 2.24) is 5.32 Å². The summed E-state index contributed by atoms with van der Waals surface area (Å²) in [7, 11) is 1.64. The Hall–Kier alpha value is -0.520. The van der Waals surface area contributed by atoms with Crippen molar-refractivity contribution in [3.63, 3.8) is 0 Å². The highest BCUT2D eigenvalue weighted by molar-refractivity contribution is 7.80. The van der Waals surface area contributed by atoms with Gasteiger partial charge in [0.05, 0.1) is 17.5 Å². The van der Waals surface area contributed by atoms with Crippen molar-refractivity contribution >= 4 is 29.9 Å². The van der Waals surface area contributed by atoms with E-state index in [1.807, 2.05) is 5.38 Å². The Morgan fingerprint density at radius 1 is 1.62 bits per heavy atom. The Labute approximate surface area is 106 Å². The van der Waals surface area contributed by atoms with Crippen LogP contribution >= 0.6 is 24.0 Å². The number of thiophene rings is 1. The Kier molecular flexibility index (Phi) is 5.31. The molecule has 1 aromatic rings. The third-order valence-electron chi connectivity index (χ3n) is 2.28. The number of ether oxygens (including phenoxy) is 1. The SMILES string of the molecule is COCC(NC(=O)c1cc(S)cs1)C(C)C. The predicted octanol–water partition coefficient (Wildman–Crippen LogP) is 2.44. The first kappa shape index (κ1) is 13.5. The van der Waals surface area contributed by atoms with Crippen LogP contribution < -0.4 is 5.32 Å². The summed E-state index contributed by atoms with van der Waals surface area (Å²) in [5.74, 6) is 0.292. The van der Waals surface area contributed by atoms with Gasteiger partial charge in [-0.15, -0.1) is 24.0 Å². The predicted molar refractivity (Wildman–Crippen MR) is 69.5 cm³/mol. The number of hydrogen-bond donors (Lipinski definition) is 2. The van der Waals surface area contributed by atoms with Crippen LogP contribution in [0.1, 0.15) is 23.5 Å². The lowest BCUT2D eigenvalue weighted by Gasteiger charge is -2.21. The van der Waals surface area contributed by atoms with E-state index in [4.69, 9.17) is 4.74 Å². The molecule has 3 nitrogen and oxygen atoms in total. The fraction of sp³-hybridized carbons (Fsp3) is 0.545. The summed E-state index contributed by atoms with van der Waals surface area (Å²) in [5.41, 5.74) is 0. The lowest BCUT2D eigenvalue weighted by molar-refractivity contribution is 0.0870. The van der Waals surface area contributed by atoms with E-state index < -0.39 is 0 Å². The highest BCUT2D eigenvalue weighted by Gasteiger charge is 2.17. The molecule has 1 rings (SSSR count). The smallest absolute Gasteiger partial charge is 0.261 e. The van der Waals surface area contributed by atoms with Gasteiger partial charge in [0, 0.05) is 17.4 Å². The van der Waals surface area contributed by atoms with E-state index in [-0.39, 0.29) is 11.9 Å². The molecule has 1 heterocycles. The van der Waals surface area contributed by atoms with Gasteiger partial charge in [-0.2, -0.15) is 0 Å². The number of nitrogens with one attached hydrogen (secondary N) is 1. The van der Waals surface area contributed by atoms with Gasteiger partial charge in [-0.05, 0) is 12.0 Å². The standard InChI is InChI=1S/C11H17NO2S2/c1-7(2)9(5-14-3)12-11(13)10-4-8(15)6-16-10/h4,6-7,9,15H,5H2,1-3H3,(H,12,13). The first-order valence-electron chi connectivity index (χ1n) is 5.12. The van der Waals surface area contributed by atoms with Crippen LogP contribution in [0.25, 0.3) is 0 Å².